The average Bonchev–Trinajstić information content (AvgIpc) is 3.24. The fraction of sp³-hybridized carbons (Fsp3) is 0.536. The van der Waals surface area contributed by atoms with Crippen molar-refractivity contribution in [2.75, 3.05) is 13.3 Å². The zero-order valence-electron chi connectivity index (χ0n) is 21.4. The van der Waals surface area contributed by atoms with Crippen molar-refractivity contribution in [3.63, 3.8) is 0 Å². The van der Waals surface area contributed by atoms with Gasteiger partial charge in [-0.3, -0.25) is 9.18 Å². The molecule has 2 aromatic rings. The van der Waals surface area contributed by atoms with Gasteiger partial charge in [-0.1, -0.05) is 70.0 Å². The van der Waals surface area contributed by atoms with E-state index in [1.165, 1.54) is 49.7 Å². The smallest absolute Gasteiger partial charge is 0.306 e. The molecule has 0 N–H and O–H groups in total. The third kappa shape index (κ3) is 8.86. The molecule has 0 spiro atoms. The summed E-state index contributed by atoms with van der Waals surface area (Å²) in [4.78, 5) is 11.1. The first-order chi connectivity index (χ1) is 16.6. The van der Waals surface area contributed by atoms with Crippen molar-refractivity contribution in [3.8, 4) is 5.75 Å². The number of hydrogen-bond donors (Lipinski definition) is 0. The number of aryl methyl sites for hydroxylation is 1. The number of hydrogen-bond acceptors (Lipinski definition) is 3. The van der Waals surface area contributed by atoms with E-state index in [2.05, 4.69) is 13.8 Å². The summed E-state index contributed by atoms with van der Waals surface area (Å²) in [7, 11) is 0. The lowest BCUT2D eigenvalue weighted by molar-refractivity contribution is -0.142. The first-order valence-corrected chi connectivity index (χ1v) is 12.2. The molecular weight excluding hydrogens is 460 g/mol. The first-order valence-electron chi connectivity index (χ1n) is 12.2. The van der Waals surface area contributed by atoms with Crippen LogP contribution < -0.4 is 4.74 Å². The lowest BCUT2D eigenvalue weighted by Crippen LogP contribution is -2.40. The zero-order chi connectivity index (χ0) is 26.5. The molecule has 1 fully saturated rings. The summed E-state index contributed by atoms with van der Waals surface area (Å²) in [6.07, 6.45) is 3.61. The molecule has 1 aliphatic rings. The van der Waals surface area contributed by atoms with E-state index in [4.69, 9.17) is 9.47 Å². The SMILES string of the molecule is CCC.CCCc1ccc(C(F)(c2ccc(OCC3CCC(=O)O3)cc2)C(C)(F)F)cc1.CCF. The van der Waals surface area contributed by atoms with E-state index < -0.39 is 11.6 Å². The van der Waals surface area contributed by atoms with Crippen LogP contribution in [-0.2, 0) is 21.6 Å². The number of carbonyl (C=O) groups is 1. The van der Waals surface area contributed by atoms with Gasteiger partial charge in [-0.05, 0) is 48.6 Å². The Balaban J connectivity index is 0.000000926. The largest absolute Gasteiger partial charge is 0.490 e. The van der Waals surface area contributed by atoms with Gasteiger partial charge in [0.05, 0.1) is 6.67 Å². The van der Waals surface area contributed by atoms with Gasteiger partial charge in [0, 0.05) is 13.3 Å². The molecule has 0 amide bonds. The second kappa shape index (κ2) is 14.7. The molecule has 0 aliphatic carbocycles. The molecule has 1 saturated heterocycles. The summed E-state index contributed by atoms with van der Waals surface area (Å²) in [6.45, 7) is 8.24. The van der Waals surface area contributed by atoms with Gasteiger partial charge < -0.3 is 9.47 Å². The van der Waals surface area contributed by atoms with Crippen LogP contribution in [0.15, 0.2) is 48.5 Å². The minimum Gasteiger partial charge on any atom is -0.490 e. The fourth-order valence-corrected chi connectivity index (χ4v) is 3.53. The standard InChI is InChI=1S/C23H25F3O3.C3H8.C2H5F/c1-3-4-16-5-7-17(8-6-16)23(26,22(2,24)25)18-9-11-19(12-10-18)28-15-20-13-14-21(27)29-20;1-3-2;1-2-3/h5-12,20H,3-4,13-15H2,1-2H3;3H2,1-2H3;2H2,1H3. The molecule has 35 heavy (non-hydrogen) atoms. The van der Waals surface area contributed by atoms with E-state index >= 15 is 4.39 Å². The molecule has 0 radical (unpaired) electrons. The third-order valence-corrected chi connectivity index (χ3v) is 5.15. The maximum absolute atomic E-state index is 15.8. The number of alkyl halides is 4. The van der Waals surface area contributed by atoms with E-state index in [1.807, 2.05) is 6.92 Å². The summed E-state index contributed by atoms with van der Waals surface area (Å²) in [6, 6.07) is 11.8. The van der Waals surface area contributed by atoms with Gasteiger partial charge in [-0.25, -0.2) is 13.2 Å². The molecular formula is C28H38F4O3. The Hall–Kier alpha value is -2.57. The summed E-state index contributed by atoms with van der Waals surface area (Å²) in [5.74, 6) is -3.48. The van der Waals surface area contributed by atoms with Gasteiger partial charge in [0.15, 0.2) is 0 Å². The summed E-state index contributed by atoms with van der Waals surface area (Å²) < 4.78 is 65.6. The number of halogens is 4. The maximum atomic E-state index is 15.8. The van der Waals surface area contributed by atoms with E-state index in [0.29, 0.717) is 25.5 Å². The predicted molar refractivity (Wildman–Crippen MR) is 132 cm³/mol. The minimum absolute atomic E-state index is 0.0867. The molecule has 1 aliphatic heterocycles. The highest BCUT2D eigenvalue weighted by Gasteiger charge is 2.53. The van der Waals surface area contributed by atoms with E-state index in [1.54, 1.807) is 12.1 Å². The van der Waals surface area contributed by atoms with Gasteiger partial charge in [-0.2, -0.15) is 0 Å². The van der Waals surface area contributed by atoms with Crippen molar-refractivity contribution in [2.24, 2.45) is 0 Å². The van der Waals surface area contributed by atoms with Gasteiger partial charge >= 0.3 is 5.97 Å². The van der Waals surface area contributed by atoms with Crippen LogP contribution in [0.1, 0.15) is 77.0 Å². The van der Waals surface area contributed by atoms with E-state index in [9.17, 15) is 18.0 Å². The van der Waals surface area contributed by atoms with Crippen molar-refractivity contribution in [1.82, 2.24) is 0 Å². The highest BCUT2D eigenvalue weighted by Crippen LogP contribution is 2.46. The van der Waals surface area contributed by atoms with Crippen LogP contribution in [0.3, 0.4) is 0 Å². The second-order valence-electron chi connectivity index (χ2n) is 8.45. The Morgan fingerprint density at radius 2 is 1.43 bits per heavy atom. The van der Waals surface area contributed by atoms with Crippen molar-refractivity contribution < 1.29 is 31.8 Å². The average molecular weight is 499 g/mol. The van der Waals surface area contributed by atoms with Crippen LogP contribution in [0.5, 0.6) is 5.75 Å². The molecule has 2 aromatic carbocycles. The van der Waals surface area contributed by atoms with Crippen LogP contribution >= 0.6 is 0 Å². The predicted octanol–water partition coefficient (Wildman–Crippen LogP) is 7.98. The topological polar surface area (TPSA) is 35.5 Å². The number of benzene rings is 2. The van der Waals surface area contributed by atoms with E-state index in [0.717, 1.165) is 18.4 Å². The second-order valence-corrected chi connectivity index (χ2v) is 8.45. The molecule has 0 bridgehead atoms. The Bertz CT molecular complexity index is 861. The quantitative estimate of drug-likeness (QED) is 0.273. The molecule has 0 aromatic heterocycles. The van der Waals surface area contributed by atoms with Gasteiger partial charge in [0.1, 0.15) is 18.5 Å². The van der Waals surface area contributed by atoms with Crippen LogP contribution in [0, 0.1) is 0 Å². The monoisotopic (exact) mass is 498 g/mol. The molecule has 7 heteroatoms. The first kappa shape index (κ1) is 30.5. The lowest BCUT2D eigenvalue weighted by atomic mass is 9.83. The Morgan fingerprint density at radius 3 is 1.83 bits per heavy atom. The van der Waals surface area contributed by atoms with Crippen molar-refractivity contribution in [1.29, 1.82) is 0 Å². The maximum Gasteiger partial charge on any atom is 0.306 e. The van der Waals surface area contributed by atoms with Crippen molar-refractivity contribution in [3.05, 3.63) is 65.2 Å². The molecule has 3 nitrogen and oxygen atoms in total. The van der Waals surface area contributed by atoms with E-state index in [-0.39, 0.29) is 36.5 Å². The van der Waals surface area contributed by atoms with Crippen molar-refractivity contribution in [2.45, 2.75) is 84.4 Å². The Labute approximate surface area is 206 Å². The number of esters is 1. The summed E-state index contributed by atoms with van der Waals surface area (Å²) in [5, 5.41) is 0. The highest BCUT2D eigenvalue weighted by molar-refractivity contribution is 5.71. The lowest BCUT2D eigenvalue weighted by Gasteiger charge is -2.32. The van der Waals surface area contributed by atoms with Crippen LogP contribution in [-0.4, -0.2) is 31.3 Å². The number of ether oxygens (including phenoxy) is 2. The molecule has 0 saturated carbocycles. The van der Waals surface area contributed by atoms with Crippen LogP contribution in [0.4, 0.5) is 17.6 Å². The minimum atomic E-state index is -3.63. The normalized spacial score (nSPS) is 16.7. The molecule has 3 rings (SSSR count). The zero-order valence-corrected chi connectivity index (χ0v) is 21.4. The van der Waals surface area contributed by atoms with Gasteiger partial charge in [0.25, 0.3) is 5.92 Å². The number of cyclic esters (lactones) is 1. The number of rotatable bonds is 8. The van der Waals surface area contributed by atoms with Gasteiger partial charge in [0.2, 0.25) is 5.67 Å². The molecule has 1 heterocycles. The third-order valence-electron chi connectivity index (χ3n) is 5.15. The summed E-state index contributed by atoms with van der Waals surface area (Å²) in [5.41, 5.74) is -2.21. The Morgan fingerprint density at radius 1 is 0.943 bits per heavy atom. The molecule has 2 atom stereocenters. The molecule has 196 valence electrons. The fourth-order valence-electron chi connectivity index (χ4n) is 3.53. The van der Waals surface area contributed by atoms with Gasteiger partial charge in [-0.15, -0.1) is 0 Å². The van der Waals surface area contributed by atoms with Crippen LogP contribution in [0.25, 0.3) is 0 Å². The highest BCUT2D eigenvalue weighted by atomic mass is 19.3. The number of carbonyl (C=O) groups excluding carboxylic acids is 1. The van der Waals surface area contributed by atoms with Crippen LogP contribution in [0.2, 0.25) is 0 Å². The summed E-state index contributed by atoms with van der Waals surface area (Å²) >= 11 is 0. The molecule has 2 unspecified atom stereocenters. The van der Waals surface area contributed by atoms with Crippen molar-refractivity contribution >= 4 is 5.97 Å². The Kier molecular flexibility index (Phi) is 12.8.